The van der Waals surface area contributed by atoms with Crippen LogP contribution in [0.5, 0.6) is 0 Å². The number of fused-ring (bicyclic) bond motifs is 1. The lowest BCUT2D eigenvalue weighted by molar-refractivity contribution is -0.132. The Bertz CT molecular complexity index is 732. The first-order chi connectivity index (χ1) is 11.2. The lowest BCUT2D eigenvalue weighted by atomic mass is 10.0. The second kappa shape index (κ2) is 8.35. The van der Waals surface area contributed by atoms with Crippen LogP contribution in [0.2, 0.25) is 0 Å². The summed E-state index contributed by atoms with van der Waals surface area (Å²) in [5.41, 5.74) is 1.78. The minimum atomic E-state index is -0.0509. The van der Waals surface area contributed by atoms with Crippen LogP contribution in [-0.2, 0) is 4.79 Å². The number of rotatable bonds is 5. The van der Waals surface area contributed by atoms with Crippen molar-refractivity contribution in [3.63, 3.8) is 0 Å². The molecule has 1 saturated heterocycles. The number of imidazole rings is 1. The molecular weight excluding hydrogens is 328 g/mol. The van der Waals surface area contributed by atoms with Crippen molar-refractivity contribution >= 4 is 29.3 Å². The molecule has 0 saturated carbocycles. The van der Waals surface area contributed by atoms with E-state index >= 15 is 0 Å². The largest absolute Gasteiger partial charge is 0.343 e. The first-order valence-electron chi connectivity index (χ1n) is 8.32. The molecular formula is C17H25ClN4O2. The van der Waals surface area contributed by atoms with Crippen molar-refractivity contribution < 1.29 is 4.79 Å². The summed E-state index contributed by atoms with van der Waals surface area (Å²) in [4.78, 5) is 29.3. The molecule has 0 spiro atoms. The van der Waals surface area contributed by atoms with Crippen LogP contribution in [0.3, 0.4) is 0 Å². The average molecular weight is 353 g/mol. The third-order valence-corrected chi connectivity index (χ3v) is 4.62. The van der Waals surface area contributed by atoms with Gasteiger partial charge in [0.2, 0.25) is 5.91 Å². The Balaban J connectivity index is 0.00000208. The highest BCUT2D eigenvalue weighted by Gasteiger charge is 2.25. The quantitative estimate of drug-likeness (QED) is 0.808. The smallest absolute Gasteiger partial charge is 0.326 e. The van der Waals surface area contributed by atoms with Gasteiger partial charge in [0.1, 0.15) is 0 Å². The standard InChI is InChI=1S/C17H24N4O2.ClH/c1-18-10-4-7-16(22)20-11-8-13(9-12-20)21-15-6-3-2-5-14(15)19-17(21)23;/h2-3,5-6,13,18H,4,7-12H2,1H3,(H,19,23);1H. The third kappa shape index (κ3) is 3.82. The van der Waals surface area contributed by atoms with Crippen LogP contribution >= 0.6 is 12.4 Å². The van der Waals surface area contributed by atoms with E-state index in [0.717, 1.165) is 49.9 Å². The van der Waals surface area contributed by atoms with Crippen LogP contribution in [0.25, 0.3) is 11.0 Å². The maximum atomic E-state index is 12.2. The monoisotopic (exact) mass is 352 g/mol. The highest BCUT2D eigenvalue weighted by Crippen LogP contribution is 2.25. The summed E-state index contributed by atoms with van der Waals surface area (Å²) in [6.45, 7) is 2.33. The van der Waals surface area contributed by atoms with Crippen molar-refractivity contribution in [1.82, 2.24) is 19.8 Å². The zero-order valence-electron chi connectivity index (χ0n) is 14.0. The number of nitrogens with one attached hydrogen (secondary N) is 2. The number of halogens is 1. The number of para-hydroxylation sites is 2. The predicted molar refractivity (Wildman–Crippen MR) is 97.8 cm³/mol. The molecule has 2 heterocycles. The maximum absolute atomic E-state index is 12.2. The second-order valence-electron chi connectivity index (χ2n) is 6.14. The van der Waals surface area contributed by atoms with Crippen LogP contribution in [0.1, 0.15) is 31.7 Å². The number of aromatic nitrogens is 2. The number of nitrogens with zero attached hydrogens (tertiary/aromatic N) is 2. The van der Waals surface area contributed by atoms with E-state index in [-0.39, 0.29) is 30.0 Å². The van der Waals surface area contributed by atoms with Gasteiger partial charge in [0.05, 0.1) is 11.0 Å². The zero-order chi connectivity index (χ0) is 16.2. The lowest BCUT2D eigenvalue weighted by Crippen LogP contribution is -2.40. The first kappa shape index (κ1) is 18.5. The van der Waals surface area contributed by atoms with E-state index in [9.17, 15) is 9.59 Å². The number of piperidine rings is 1. The van der Waals surface area contributed by atoms with Gasteiger partial charge in [0, 0.05) is 25.6 Å². The molecule has 0 radical (unpaired) electrons. The molecule has 1 aliphatic heterocycles. The summed E-state index contributed by atoms with van der Waals surface area (Å²) in [6, 6.07) is 7.94. The fourth-order valence-corrected chi connectivity index (χ4v) is 3.38. The van der Waals surface area contributed by atoms with Gasteiger partial charge in [0.15, 0.2) is 0 Å². The summed E-state index contributed by atoms with van der Waals surface area (Å²) >= 11 is 0. The van der Waals surface area contributed by atoms with Gasteiger partial charge in [-0.2, -0.15) is 0 Å². The van der Waals surface area contributed by atoms with Gasteiger partial charge in [-0.05, 0) is 45.0 Å². The minimum Gasteiger partial charge on any atom is -0.343 e. The van der Waals surface area contributed by atoms with Crippen molar-refractivity contribution in [3.05, 3.63) is 34.7 Å². The highest BCUT2D eigenvalue weighted by molar-refractivity contribution is 5.85. The molecule has 1 aliphatic rings. The van der Waals surface area contributed by atoms with Gasteiger partial charge < -0.3 is 15.2 Å². The van der Waals surface area contributed by atoms with Gasteiger partial charge in [-0.3, -0.25) is 9.36 Å². The van der Waals surface area contributed by atoms with Crippen molar-refractivity contribution in [2.24, 2.45) is 0 Å². The van der Waals surface area contributed by atoms with Gasteiger partial charge in [-0.25, -0.2) is 4.79 Å². The molecule has 1 fully saturated rings. The van der Waals surface area contributed by atoms with Crippen LogP contribution in [0.4, 0.5) is 0 Å². The molecule has 2 aromatic rings. The average Bonchev–Trinajstić information content (AvgIpc) is 2.91. The Morgan fingerprint density at radius 2 is 2.00 bits per heavy atom. The Kier molecular flexibility index (Phi) is 6.45. The Morgan fingerprint density at radius 3 is 2.71 bits per heavy atom. The molecule has 3 rings (SSSR count). The topological polar surface area (TPSA) is 70.1 Å². The van der Waals surface area contributed by atoms with Crippen molar-refractivity contribution in [2.75, 3.05) is 26.7 Å². The zero-order valence-corrected chi connectivity index (χ0v) is 14.8. The molecule has 2 N–H and O–H groups in total. The second-order valence-corrected chi connectivity index (χ2v) is 6.14. The van der Waals surface area contributed by atoms with Gasteiger partial charge in [-0.15, -0.1) is 12.4 Å². The molecule has 0 bridgehead atoms. The molecule has 7 heteroatoms. The van der Waals surface area contributed by atoms with Crippen molar-refractivity contribution in [3.8, 4) is 0 Å². The van der Waals surface area contributed by atoms with Crippen molar-refractivity contribution in [2.45, 2.75) is 31.7 Å². The molecule has 6 nitrogen and oxygen atoms in total. The number of hydrogen-bond acceptors (Lipinski definition) is 3. The molecule has 0 aliphatic carbocycles. The van der Waals surface area contributed by atoms with E-state index in [1.165, 1.54) is 0 Å². The van der Waals surface area contributed by atoms with Crippen molar-refractivity contribution in [1.29, 1.82) is 0 Å². The number of hydrogen-bond donors (Lipinski definition) is 2. The summed E-state index contributed by atoms with van der Waals surface area (Å²) in [5, 5.41) is 3.06. The van der Waals surface area contributed by atoms with Gasteiger partial charge in [-0.1, -0.05) is 12.1 Å². The van der Waals surface area contributed by atoms with Gasteiger partial charge in [0.25, 0.3) is 0 Å². The van der Waals surface area contributed by atoms with E-state index in [0.29, 0.717) is 6.42 Å². The highest BCUT2D eigenvalue weighted by atomic mass is 35.5. The molecule has 24 heavy (non-hydrogen) atoms. The first-order valence-corrected chi connectivity index (χ1v) is 8.32. The molecule has 132 valence electrons. The van der Waals surface area contributed by atoms with E-state index < -0.39 is 0 Å². The fraction of sp³-hybridized carbons (Fsp3) is 0.529. The number of aromatic amines is 1. The lowest BCUT2D eigenvalue weighted by Gasteiger charge is -2.32. The third-order valence-electron chi connectivity index (χ3n) is 4.62. The summed E-state index contributed by atoms with van der Waals surface area (Å²) in [5.74, 6) is 0.227. The number of H-pyrrole nitrogens is 1. The number of carbonyl (C=O) groups excluding carboxylic acids is 1. The van der Waals surface area contributed by atoms with Gasteiger partial charge >= 0.3 is 5.69 Å². The molecule has 0 atom stereocenters. The summed E-state index contributed by atoms with van der Waals surface area (Å²) in [7, 11) is 1.90. The van der Waals surface area contributed by atoms with E-state index in [1.807, 2.05) is 40.8 Å². The maximum Gasteiger partial charge on any atom is 0.326 e. The molecule has 1 aromatic heterocycles. The summed E-state index contributed by atoms with van der Waals surface area (Å²) in [6.07, 6.45) is 3.13. The minimum absolute atomic E-state index is 0. The molecule has 0 unspecified atom stereocenters. The molecule has 1 aromatic carbocycles. The predicted octanol–water partition coefficient (Wildman–Crippen LogP) is 1.91. The van der Waals surface area contributed by atoms with E-state index in [4.69, 9.17) is 0 Å². The number of amides is 1. The normalized spacial score (nSPS) is 15.5. The van der Waals surface area contributed by atoms with Crippen LogP contribution in [0.15, 0.2) is 29.1 Å². The molecule has 1 amide bonds. The van der Waals surface area contributed by atoms with Crippen LogP contribution in [0, 0.1) is 0 Å². The van der Waals surface area contributed by atoms with Crippen LogP contribution in [-0.4, -0.2) is 47.0 Å². The number of likely N-dealkylation sites (tertiary alicyclic amines) is 1. The number of carbonyl (C=O) groups is 1. The van der Waals surface area contributed by atoms with E-state index in [1.54, 1.807) is 0 Å². The number of benzene rings is 1. The van der Waals surface area contributed by atoms with Crippen LogP contribution < -0.4 is 11.0 Å². The Morgan fingerprint density at radius 1 is 1.29 bits per heavy atom. The SMILES string of the molecule is CNCCCC(=O)N1CCC(n2c(=O)[nH]c3ccccc32)CC1.Cl. The summed E-state index contributed by atoms with van der Waals surface area (Å²) < 4.78 is 1.86. The Hall–Kier alpha value is -1.79. The Labute approximate surface area is 147 Å². The fourth-order valence-electron chi connectivity index (χ4n) is 3.38. The van der Waals surface area contributed by atoms with E-state index in [2.05, 4.69) is 10.3 Å².